The first kappa shape index (κ1) is 15.6. The van der Waals surface area contributed by atoms with Crippen molar-refractivity contribution in [3.63, 3.8) is 0 Å². The van der Waals surface area contributed by atoms with Gasteiger partial charge in [0.15, 0.2) is 0 Å². The Hall–Kier alpha value is -1.80. The Morgan fingerprint density at radius 2 is 1.67 bits per heavy atom. The van der Waals surface area contributed by atoms with E-state index in [0.29, 0.717) is 0 Å². The zero-order valence-electron chi connectivity index (χ0n) is 13.5. The third-order valence-corrected chi connectivity index (χ3v) is 3.86. The van der Waals surface area contributed by atoms with E-state index >= 15 is 0 Å². The highest BCUT2D eigenvalue weighted by Crippen LogP contribution is 2.28. The van der Waals surface area contributed by atoms with Gasteiger partial charge in [-0.2, -0.15) is 0 Å². The lowest BCUT2D eigenvalue weighted by atomic mass is 9.98. The Labute approximate surface area is 128 Å². The van der Waals surface area contributed by atoms with Crippen LogP contribution in [-0.2, 0) is 6.54 Å². The molecular weight excluding hydrogens is 258 g/mol. The van der Waals surface area contributed by atoms with Gasteiger partial charge in [-0.3, -0.25) is 0 Å². The van der Waals surface area contributed by atoms with E-state index in [0.717, 1.165) is 25.3 Å². The van der Waals surface area contributed by atoms with E-state index in [9.17, 15) is 0 Å². The molecule has 2 aromatic carbocycles. The van der Waals surface area contributed by atoms with Gasteiger partial charge in [0.2, 0.25) is 0 Å². The third kappa shape index (κ3) is 3.85. The van der Waals surface area contributed by atoms with Crippen LogP contribution in [-0.4, -0.2) is 13.7 Å². The van der Waals surface area contributed by atoms with Gasteiger partial charge in [0, 0.05) is 12.1 Å². The van der Waals surface area contributed by atoms with Gasteiger partial charge in [0.1, 0.15) is 5.75 Å². The second-order valence-corrected chi connectivity index (χ2v) is 5.50. The summed E-state index contributed by atoms with van der Waals surface area (Å²) in [4.78, 5) is 0. The molecule has 0 aliphatic heterocycles. The molecule has 2 rings (SSSR count). The number of hydrogen-bond acceptors (Lipinski definition) is 2. The van der Waals surface area contributed by atoms with Crippen LogP contribution in [0.25, 0.3) is 11.1 Å². The molecule has 0 bridgehead atoms. The molecule has 1 N–H and O–H groups in total. The van der Waals surface area contributed by atoms with Crippen molar-refractivity contribution in [1.82, 2.24) is 5.32 Å². The molecule has 2 aromatic rings. The topological polar surface area (TPSA) is 21.3 Å². The maximum absolute atomic E-state index is 5.47. The van der Waals surface area contributed by atoms with Crippen LogP contribution in [0.5, 0.6) is 5.75 Å². The molecule has 0 unspecified atom stereocenters. The number of hydrogen-bond donors (Lipinski definition) is 1. The van der Waals surface area contributed by atoms with Gasteiger partial charge in [-0.1, -0.05) is 31.2 Å². The molecule has 2 heteroatoms. The second-order valence-electron chi connectivity index (χ2n) is 5.50. The molecule has 112 valence electrons. The minimum absolute atomic E-state index is 0.843. The van der Waals surface area contributed by atoms with Crippen molar-refractivity contribution in [2.45, 2.75) is 33.7 Å². The first-order valence-corrected chi connectivity index (χ1v) is 7.61. The Morgan fingerprint density at radius 3 is 2.33 bits per heavy atom. The van der Waals surface area contributed by atoms with Gasteiger partial charge in [0.25, 0.3) is 0 Å². The van der Waals surface area contributed by atoms with Crippen molar-refractivity contribution in [3.05, 3.63) is 53.1 Å². The molecule has 21 heavy (non-hydrogen) atoms. The molecule has 0 saturated heterocycles. The number of methoxy groups -OCH3 is 1. The fraction of sp³-hybridized carbons (Fsp3) is 0.368. The van der Waals surface area contributed by atoms with Crippen molar-refractivity contribution < 1.29 is 4.74 Å². The summed E-state index contributed by atoms with van der Waals surface area (Å²) in [5, 5.41) is 3.45. The molecule has 0 aliphatic rings. The van der Waals surface area contributed by atoms with Crippen LogP contribution in [0, 0.1) is 13.8 Å². The lowest BCUT2D eigenvalue weighted by molar-refractivity contribution is 0.408. The fourth-order valence-corrected chi connectivity index (χ4v) is 2.42. The smallest absolute Gasteiger partial charge is 0.123 e. The number of nitrogens with one attached hydrogen (secondary N) is 1. The average molecular weight is 283 g/mol. The minimum Gasteiger partial charge on any atom is -0.496 e. The molecule has 0 amide bonds. The predicted molar refractivity (Wildman–Crippen MR) is 89.9 cm³/mol. The van der Waals surface area contributed by atoms with E-state index in [4.69, 9.17) is 4.74 Å². The molecule has 0 spiro atoms. The third-order valence-electron chi connectivity index (χ3n) is 3.86. The monoisotopic (exact) mass is 283 g/mol. The maximum atomic E-state index is 5.47. The minimum atomic E-state index is 0.843. The summed E-state index contributed by atoms with van der Waals surface area (Å²) < 4.78 is 5.47. The van der Waals surface area contributed by atoms with E-state index < -0.39 is 0 Å². The highest BCUT2D eigenvalue weighted by atomic mass is 16.5. The Kier molecular flexibility index (Phi) is 5.40. The normalized spacial score (nSPS) is 10.7. The van der Waals surface area contributed by atoms with Crippen molar-refractivity contribution in [3.8, 4) is 16.9 Å². The zero-order chi connectivity index (χ0) is 15.2. The van der Waals surface area contributed by atoms with E-state index in [1.54, 1.807) is 7.11 Å². The van der Waals surface area contributed by atoms with Crippen molar-refractivity contribution in [2.75, 3.05) is 13.7 Å². The SMILES string of the molecule is CCCNCc1cc(-c2ccc(C)c(C)c2)ccc1OC. The molecule has 2 nitrogen and oxygen atoms in total. The number of rotatable bonds is 6. The van der Waals surface area contributed by atoms with Crippen LogP contribution in [0.4, 0.5) is 0 Å². The summed E-state index contributed by atoms with van der Waals surface area (Å²) in [6.07, 6.45) is 1.14. The van der Waals surface area contributed by atoms with Gasteiger partial charge in [-0.05, 0) is 61.2 Å². The van der Waals surface area contributed by atoms with Crippen LogP contribution in [0.3, 0.4) is 0 Å². The fourth-order valence-electron chi connectivity index (χ4n) is 2.42. The largest absolute Gasteiger partial charge is 0.496 e. The summed E-state index contributed by atoms with van der Waals surface area (Å²) >= 11 is 0. The number of benzene rings is 2. The summed E-state index contributed by atoms with van der Waals surface area (Å²) in [6, 6.07) is 13.0. The van der Waals surface area contributed by atoms with Gasteiger partial charge < -0.3 is 10.1 Å². The Balaban J connectivity index is 2.31. The van der Waals surface area contributed by atoms with Crippen LogP contribution in [0.15, 0.2) is 36.4 Å². The lowest BCUT2D eigenvalue weighted by Gasteiger charge is -2.12. The lowest BCUT2D eigenvalue weighted by Crippen LogP contribution is -2.14. The first-order chi connectivity index (χ1) is 10.2. The molecule has 0 heterocycles. The van der Waals surface area contributed by atoms with E-state index in [1.807, 2.05) is 0 Å². The average Bonchev–Trinajstić information content (AvgIpc) is 2.50. The molecule has 0 saturated carbocycles. The van der Waals surface area contributed by atoms with Gasteiger partial charge in [0.05, 0.1) is 7.11 Å². The molecule has 0 aliphatic carbocycles. The molecule has 0 fully saturated rings. The maximum Gasteiger partial charge on any atom is 0.123 e. The quantitative estimate of drug-likeness (QED) is 0.789. The highest BCUT2D eigenvalue weighted by Gasteiger charge is 2.06. The van der Waals surface area contributed by atoms with Crippen LogP contribution < -0.4 is 10.1 Å². The summed E-state index contributed by atoms with van der Waals surface area (Å²) in [6.45, 7) is 8.35. The van der Waals surface area contributed by atoms with Crippen LogP contribution in [0.2, 0.25) is 0 Å². The first-order valence-electron chi connectivity index (χ1n) is 7.61. The second kappa shape index (κ2) is 7.28. The molecule has 0 atom stereocenters. The van der Waals surface area contributed by atoms with Crippen molar-refractivity contribution in [2.24, 2.45) is 0 Å². The standard InChI is InChI=1S/C19H25NO/c1-5-10-20-13-18-12-17(8-9-19(18)21-4)16-7-6-14(2)15(3)11-16/h6-9,11-12,20H,5,10,13H2,1-4H3. The van der Waals surface area contributed by atoms with Gasteiger partial charge >= 0.3 is 0 Å². The van der Waals surface area contributed by atoms with Crippen molar-refractivity contribution >= 4 is 0 Å². The van der Waals surface area contributed by atoms with Crippen LogP contribution >= 0.6 is 0 Å². The van der Waals surface area contributed by atoms with Crippen LogP contribution in [0.1, 0.15) is 30.0 Å². The van der Waals surface area contributed by atoms with Gasteiger partial charge in [-0.25, -0.2) is 0 Å². The Morgan fingerprint density at radius 1 is 0.952 bits per heavy atom. The zero-order valence-corrected chi connectivity index (χ0v) is 13.5. The highest BCUT2D eigenvalue weighted by molar-refractivity contribution is 5.67. The summed E-state index contributed by atoms with van der Waals surface area (Å²) in [5.74, 6) is 0.950. The van der Waals surface area contributed by atoms with Gasteiger partial charge in [-0.15, -0.1) is 0 Å². The molecular formula is C19H25NO. The van der Waals surface area contributed by atoms with Crippen molar-refractivity contribution in [1.29, 1.82) is 0 Å². The summed E-state index contributed by atoms with van der Waals surface area (Å²) in [7, 11) is 1.73. The predicted octanol–water partition coefficient (Wildman–Crippen LogP) is 4.48. The van der Waals surface area contributed by atoms with E-state index in [2.05, 4.69) is 62.5 Å². The molecule has 0 aromatic heterocycles. The van der Waals surface area contributed by atoms with E-state index in [-0.39, 0.29) is 0 Å². The Bertz CT molecular complexity index is 605. The molecule has 0 radical (unpaired) electrons. The number of ether oxygens (including phenoxy) is 1. The summed E-state index contributed by atoms with van der Waals surface area (Å²) in [5.41, 5.74) is 6.37. The van der Waals surface area contributed by atoms with E-state index in [1.165, 1.54) is 27.8 Å². The number of aryl methyl sites for hydroxylation is 2.